The predicted molar refractivity (Wildman–Crippen MR) is 62.1 cm³/mol. The number of nitrogens with two attached hydrogens (primary N) is 1. The number of halogens is 1. The highest BCUT2D eigenvalue weighted by Gasteiger charge is 2.21. The first kappa shape index (κ1) is 14.7. The molecule has 1 rings (SSSR count). The molecule has 15 heavy (non-hydrogen) atoms. The Morgan fingerprint density at radius 2 is 2.20 bits per heavy atom. The molecule has 0 saturated heterocycles. The molecule has 90 valence electrons. The van der Waals surface area contributed by atoms with Crippen LogP contribution < -0.4 is 5.73 Å². The number of carbonyl (C=O) groups is 1. The molecular formula is C10H21ClN2O2. The highest BCUT2D eigenvalue weighted by atomic mass is 35.5. The fourth-order valence-corrected chi connectivity index (χ4v) is 1.19. The van der Waals surface area contributed by atoms with E-state index in [1.54, 1.807) is 18.9 Å². The maximum atomic E-state index is 11.3. The lowest BCUT2D eigenvalue weighted by atomic mass is 10.3. The summed E-state index contributed by atoms with van der Waals surface area (Å²) in [6.07, 6.45) is 2.60. The van der Waals surface area contributed by atoms with Gasteiger partial charge in [0.1, 0.15) is 0 Å². The maximum absolute atomic E-state index is 11.3. The normalized spacial score (nSPS) is 16.7. The van der Waals surface area contributed by atoms with Crippen LogP contribution in [0, 0.1) is 5.92 Å². The quantitative estimate of drug-likeness (QED) is 0.689. The Labute approximate surface area is 97.5 Å². The van der Waals surface area contributed by atoms with Gasteiger partial charge in [0.15, 0.2) is 0 Å². The van der Waals surface area contributed by atoms with Gasteiger partial charge in [-0.1, -0.05) is 0 Å². The van der Waals surface area contributed by atoms with Gasteiger partial charge in [0.25, 0.3) is 0 Å². The van der Waals surface area contributed by atoms with Crippen molar-refractivity contribution < 1.29 is 9.53 Å². The highest BCUT2D eigenvalue weighted by molar-refractivity contribution is 5.85. The Morgan fingerprint density at radius 3 is 2.67 bits per heavy atom. The predicted octanol–water partition coefficient (Wildman–Crippen LogP) is 0.640. The van der Waals surface area contributed by atoms with Crippen molar-refractivity contribution in [2.24, 2.45) is 11.7 Å². The van der Waals surface area contributed by atoms with Gasteiger partial charge in [-0.15, -0.1) is 12.4 Å². The number of hydrogen-bond acceptors (Lipinski definition) is 3. The van der Waals surface area contributed by atoms with Crippen LogP contribution in [0.3, 0.4) is 0 Å². The van der Waals surface area contributed by atoms with Crippen LogP contribution in [0.15, 0.2) is 0 Å². The molecule has 4 nitrogen and oxygen atoms in total. The SMILES string of the molecule is CC(N)C(=O)N(C)CCOCC1CC1.Cl. The average molecular weight is 237 g/mol. The van der Waals surface area contributed by atoms with Gasteiger partial charge in [0.05, 0.1) is 12.6 Å². The van der Waals surface area contributed by atoms with Crippen LogP contribution in [0.5, 0.6) is 0 Å². The molecule has 5 heteroatoms. The molecule has 2 N–H and O–H groups in total. The van der Waals surface area contributed by atoms with E-state index in [2.05, 4.69) is 0 Å². The topological polar surface area (TPSA) is 55.6 Å². The van der Waals surface area contributed by atoms with Crippen LogP contribution in [0.2, 0.25) is 0 Å². The van der Waals surface area contributed by atoms with Crippen molar-refractivity contribution in [2.45, 2.75) is 25.8 Å². The van der Waals surface area contributed by atoms with Gasteiger partial charge < -0.3 is 15.4 Å². The van der Waals surface area contributed by atoms with Crippen molar-refractivity contribution in [2.75, 3.05) is 26.8 Å². The summed E-state index contributed by atoms with van der Waals surface area (Å²) in [6.45, 7) is 3.79. The molecular weight excluding hydrogens is 216 g/mol. The van der Waals surface area contributed by atoms with Crippen LogP contribution >= 0.6 is 12.4 Å². The Bertz CT molecular complexity index is 196. The van der Waals surface area contributed by atoms with Crippen molar-refractivity contribution in [1.82, 2.24) is 4.90 Å². The van der Waals surface area contributed by atoms with Crippen LogP contribution in [-0.4, -0.2) is 43.7 Å². The molecule has 1 fully saturated rings. The van der Waals surface area contributed by atoms with E-state index >= 15 is 0 Å². The minimum atomic E-state index is -0.413. The fraction of sp³-hybridized carbons (Fsp3) is 0.900. The van der Waals surface area contributed by atoms with E-state index in [0.717, 1.165) is 12.5 Å². The molecule has 0 aromatic heterocycles. The van der Waals surface area contributed by atoms with E-state index < -0.39 is 6.04 Å². The standard InChI is InChI=1S/C10H20N2O2.ClH/c1-8(11)10(13)12(2)5-6-14-7-9-3-4-9;/h8-9H,3-7,11H2,1-2H3;1H. The lowest BCUT2D eigenvalue weighted by molar-refractivity contribution is -0.131. The summed E-state index contributed by atoms with van der Waals surface area (Å²) in [4.78, 5) is 13.0. The molecule has 0 spiro atoms. The third-order valence-corrected chi connectivity index (χ3v) is 2.39. The summed E-state index contributed by atoms with van der Waals surface area (Å²) in [6, 6.07) is -0.413. The van der Waals surface area contributed by atoms with E-state index in [-0.39, 0.29) is 18.3 Å². The van der Waals surface area contributed by atoms with Gasteiger partial charge in [-0.2, -0.15) is 0 Å². The van der Waals surface area contributed by atoms with E-state index in [1.807, 2.05) is 0 Å². The fourth-order valence-electron chi connectivity index (χ4n) is 1.19. The zero-order valence-corrected chi connectivity index (χ0v) is 10.3. The summed E-state index contributed by atoms with van der Waals surface area (Å²) >= 11 is 0. The number of carbonyl (C=O) groups excluding carboxylic acids is 1. The molecule has 1 aliphatic carbocycles. The summed E-state index contributed by atoms with van der Waals surface area (Å²) < 4.78 is 5.42. The molecule has 1 saturated carbocycles. The van der Waals surface area contributed by atoms with Crippen molar-refractivity contribution >= 4 is 18.3 Å². The molecule has 0 aliphatic heterocycles. The van der Waals surface area contributed by atoms with Gasteiger partial charge in [0.2, 0.25) is 5.91 Å². The number of likely N-dealkylation sites (N-methyl/N-ethyl adjacent to an activating group) is 1. The van der Waals surface area contributed by atoms with E-state index in [1.165, 1.54) is 12.8 Å². The van der Waals surface area contributed by atoms with Crippen molar-refractivity contribution in [3.05, 3.63) is 0 Å². The largest absolute Gasteiger partial charge is 0.379 e. The Balaban J connectivity index is 0.00000196. The molecule has 1 aliphatic rings. The Morgan fingerprint density at radius 1 is 1.60 bits per heavy atom. The summed E-state index contributed by atoms with van der Waals surface area (Å²) in [7, 11) is 1.76. The first-order valence-electron chi connectivity index (χ1n) is 5.19. The molecule has 1 amide bonds. The molecule has 0 radical (unpaired) electrons. The second-order valence-electron chi connectivity index (χ2n) is 4.07. The smallest absolute Gasteiger partial charge is 0.239 e. The van der Waals surface area contributed by atoms with Crippen molar-refractivity contribution in [1.29, 1.82) is 0 Å². The zero-order valence-electron chi connectivity index (χ0n) is 9.44. The second-order valence-corrected chi connectivity index (χ2v) is 4.07. The number of amides is 1. The van der Waals surface area contributed by atoms with Crippen molar-refractivity contribution in [3.63, 3.8) is 0 Å². The molecule has 0 bridgehead atoms. The minimum Gasteiger partial charge on any atom is -0.379 e. The number of rotatable bonds is 6. The van der Waals surface area contributed by atoms with Crippen LogP contribution in [0.1, 0.15) is 19.8 Å². The first-order valence-corrected chi connectivity index (χ1v) is 5.19. The number of hydrogen-bond donors (Lipinski definition) is 1. The monoisotopic (exact) mass is 236 g/mol. The third kappa shape index (κ3) is 5.97. The summed E-state index contributed by atoms with van der Waals surface area (Å²) in [5.41, 5.74) is 5.47. The third-order valence-electron chi connectivity index (χ3n) is 2.39. The van der Waals surface area contributed by atoms with E-state index in [9.17, 15) is 4.79 Å². The lowest BCUT2D eigenvalue weighted by Gasteiger charge is -2.18. The summed E-state index contributed by atoms with van der Waals surface area (Å²) in [5, 5.41) is 0. The van der Waals surface area contributed by atoms with Crippen LogP contribution in [0.25, 0.3) is 0 Å². The van der Waals surface area contributed by atoms with Crippen LogP contribution in [0.4, 0.5) is 0 Å². The van der Waals surface area contributed by atoms with Gasteiger partial charge in [-0.3, -0.25) is 4.79 Å². The van der Waals surface area contributed by atoms with Gasteiger partial charge in [0, 0.05) is 20.2 Å². The van der Waals surface area contributed by atoms with Gasteiger partial charge in [-0.05, 0) is 25.7 Å². The molecule has 1 atom stereocenters. The lowest BCUT2D eigenvalue weighted by Crippen LogP contribution is -2.41. The number of nitrogens with zero attached hydrogens (tertiary/aromatic N) is 1. The average Bonchev–Trinajstić information content (AvgIpc) is 2.94. The first-order chi connectivity index (χ1) is 6.61. The van der Waals surface area contributed by atoms with E-state index in [4.69, 9.17) is 10.5 Å². The highest BCUT2D eigenvalue weighted by Crippen LogP contribution is 2.28. The minimum absolute atomic E-state index is 0. The number of ether oxygens (including phenoxy) is 1. The van der Waals surface area contributed by atoms with E-state index in [0.29, 0.717) is 13.2 Å². The zero-order chi connectivity index (χ0) is 10.6. The molecule has 0 aromatic rings. The summed E-state index contributed by atoms with van der Waals surface area (Å²) in [5.74, 6) is 0.754. The molecule has 0 heterocycles. The molecule has 1 unspecified atom stereocenters. The second kappa shape index (κ2) is 7.04. The van der Waals surface area contributed by atoms with Crippen LogP contribution in [-0.2, 0) is 9.53 Å². The van der Waals surface area contributed by atoms with Gasteiger partial charge >= 0.3 is 0 Å². The molecule has 0 aromatic carbocycles. The van der Waals surface area contributed by atoms with Gasteiger partial charge in [-0.25, -0.2) is 0 Å². The Kier molecular flexibility index (Phi) is 6.89. The van der Waals surface area contributed by atoms with Crippen molar-refractivity contribution in [3.8, 4) is 0 Å². The Hall–Kier alpha value is -0.320. The maximum Gasteiger partial charge on any atom is 0.239 e.